The molecule has 0 saturated carbocycles. The highest BCUT2D eigenvalue weighted by molar-refractivity contribution is 7.22. The van der Waals surface area contributed by atoms with E-state index in [2.05, 4.69) is 9.24 Å². The van der Waals surface area contributed by atoms with Crippen LogP contribution in [0.1, 0.15) is 44.9 Å². The van der Waals surface area contributed by atoms with Gasteiger partial charge in [-0.25, -0.2) is 0 Å². The molecule has 0 saturated heterocycles. The lowest BCUT2D eigenvalue weighted by Crippen LogP contribution is -2.14. The number of carbonyl (C=O) groups is 2. The molecule has 0 aliphatic heterocycles. The van der Waals surface area contributed by atoms with Crippen LogP contribution in [0.25, 0.3) is 0 Å². The zero-order valence-electron chi connectivity index (χ0n) is 9.82. The molecule has 1 aliphatic carbocycles. The number of rotatable bonds is 6. The number of carboxylic acid groups (broad SMARTS) is 2. The summed E-state index contributed by atoms with van der Waals surface area (Å²) < 4.78 is 0. The van der Waals surface area contributed by atoms with Gasteiger partial charge in [-0.05, 0) is 38.0 Å². The number of carboxylic acids is 2. The van der Waals surface area contributed by atoms with E-state index in [0.29, 0.717) is 12.8 Å². The van der Waals surface area contributed by atoms with Crippen LogP contribution in [0.3, 0.4) is 0 Å². The van der Waals surface area contributed by atoms with Crippen molar-refractivity contribution >= 4 is 21.2 Å². The van der Waals surface area contributed by atoms with Crippen molar-refractivity contribution in [3.8, 4) is 0 Å². The maximum Gasteiger partial charge on any atom is 0.303 e. The lowest BCUT2D eigenvalue weighted by molar-refractivity contribution is -0.138. The Hall–Kier alpha value is -0.890. The molecule has 2 N–H and O–H groups in total. The Kier molecular flexibility index (Phi) is 5.63. The molecule has 2 unspecified atom stereocenters. The van der Waals surface area contributed by atoms with Crippen molar-refractivity contribution in [1.29, 1.82) is 0 Å². The minimum atomic E-state index is -0.794. The molecule has 1 aliphatic rings. The number of allylic oxidation sites excluding steroid dienone is 2. The minimum Gasteiger partial charge on any atom is -0.481 e. The number of hydrogen-bond donors (Lipinski definition) is 2. The topological polar surface area (TPSA) is 74.6 Å². The molecule has 0 bridgehead atoms. The van der Waals surface area contributed by atoms with E-state index in [9.17, 15) is 9.59 Å². The molecule has 0 aromatic heterocycles. The third kappa shape index (κ3) is 4.86. The highest BCUT2D eigenvalue weighted by atomic mass is 31.0. The van der Waals surface area contributed by atoms with Gasteiger partial charge in [0.25, 0.3) is 0 Å². The van der Waals surface area contributed by atoms with E-state index < -0.39 is 11.9 Å². The molecule has 0 fully saturated rings. The van der Waals surface area contributed by atoms with Crippen LogP contribution in [0, 0.1) is 5.92 Å². The average Bonchev–Trinajstić information content (AvgIpc) is 2.24. The second kappa shape index (κ2) is 6.75. The minimum absolute atomic E-state index is 0.136. The van der Waals surface area contributed by atoms with Gasteiger partial charge in [0.15, 0.2) is 0 Å². The lowest BCUT2D eigenvalue weighted by Gasteiger charge is -2.27. The van der Waals surface area contributed by atoms with Gasteiger partial charge in [-0.1, -0.05) is 10.9 Å². The van der Waals surface area contributed by atoms with Crippen molar-refractivity contribution in [1.82, 2.24) is 0 Å². The zero-order chi connectivity index (χ0) is 12.8. The molecule has 0 aromatic carbocycles. The molecule has 5 heteroatoms. The second-order valence-electron chi connectivity index (χ2n) is 4.47. The lowest BCUT2D eigenvalue weighted by atomic mass is 9.82. The van der Waals surface area contributed by atoms with Crippen LogP contribution >= 0.6 is 9.24 Å². The van der Waals surface area contributed by atoms with Crippen molar-refractivity contribution < 1.29 is 19.8 Å². The average molecular weight is 258 g/mol. The number of hydrogen-bond acceptors (Lipinski definition) is 2. The maximum atomic E-state index is 10.6. The van der Waals surface area contributed by atoms with Gasteiger partial charge >= 0.3 is 11.9 Å². The number of aliphatic carboxylic acids is 2. The third-order valence-electron chi connectivity index (χ3n) is 3.22. The molecular formula is C12H19O4P. The van der Waals surface area contributed by atoms with Gasteiger partial charge in [-0.2, -0.15) is 0 Å². The van der Waals surface area contributed by atoms with Crippen LogP contribution in [0.5, 0.6) is 0 Å². The molecule has 2 atom stereocenters. The predicted molar refractivity (Wildman–Crippen MR) is 67.8 cm³/mol. The smallest absolute Gasteiger partial charge is 0.303 e. The van der Waals surface area contributed by atoms with E-state index in [-0.39, 0.29) is 18.8 Å². The molecule has 4 nitrogen and oxygen atoms in total. The summed E-state index contributed by atoms with van der Waals surface area (Å²) in [5, 5.41) is 18.6. The second-order valence-corrected chi connectivity index (χ2v) is 5.16. The Labute approximate surface area is 103 Å². The van der Waals surface area contributed by atoms with E-state index in [1.165, 1.54) is 5.31 Å². The van der Waals surface area contributed by atoms with Gasteiger partial charge in [0.1, 0.15) is 0 Å². The Bertz CT molecular complexity index is 335. The summed E-state index contributed by atoms with van der Waals surface area (Å²) in [6, 6.07) is 0. The van der Waals surface area contributed by atoms with Crippen LogP contribution in [0.2, 0.25) is 0 Å². The van der Waals surface area contributed by atoms with Crippen LogP contribution < -0.4 is 0 Å². The van der Waals surface area contributed by atoms with E-state index in [1.807, 2.05) is 0 Å². The first kappa shape index (κ1) is 14.2. The third-order valence-corrected chi connectivity index (χ3v) is 3.88. The predicted octanol–water partition coefficient (Wildman–Crippen LogP) is 2.65. The monoisotopic (exact) mass is 258 g/mol. The molecule has 0 heterocycles. The first-order valence-electron chi connectivity index (χ1n) is 5.91. The summed E-state index contributed by atoms with van der Waals surface area (Å²) in [5.41, 5.74) is 1.16. The van der Waals surface area contributed by atoms with Gasteiger partial charge in [-0.15, -0.1) is 9.24 Å². The Morgan fingerprint density at radius 1 is 1.24 bits per heavy atom. The van der Waals surface area contributed by atoms with Gasteiger partial charge < -0.3 is 10.2 Å². The summed E-state index contributed by atoms with van der Waals surface area (Å²) in [4.78, 5) is 21.2. The van der Waals surface area contributed by atoms with Crippen molar-refractivity contribution in [2.75, 3.05) is 0 Å². The summed E-state index contributed by atoms with van der Waals surface area (Å²) in [6.07, 6.45) is 4.53. The molecule has 0 amide bonds. The fourth-order valence-electron chi connectivity index (χ4n) is 2.36. The van der Waals surface area contributed by atoms with E-state index in [4.69, 9.17) is 10.2 Å². The summed E-state index contributed by atoms with van der Waals surface area (Å²) >= 11 is 0. The molecule has 17 heavy (non-hydrogen) atoms. The van der Waals surface area contributed by atoms with Crippen LogP contribution in [-0.4, -0.2) is 22.2 Å². The summed E-state index contributed by atoms with van der Waals surface area (Å²) in [5.74, 6) is -1.32. The largest absolute Gasteiger partial charge is 0.481 e. The SMILES string of the molecule is O=C(O)CCC1=C(P)CCCC1CCC(=O)O. The highest BCUT2D eigenvalue weighted by Crippen LogP contribution is 2.38. The van der Waals surface area contributed by atoms with Crippen molar-refractivity contribution in [2.45, 2.75) is 44.9 Å². The standard InChI is InChI=1S/C12H19O4P/c13-11(14)6-4-8-2-1-3-10(17)9(8)5-7-12(15)16/h8H,1-7,17H2,(H,13,14)(H,15,16). The van der Waals surface area contributed by atoms with Gasteiger partial charge in [0, 0.05) is 12.8 Å². The quantitative estimate of drug-likeness (QED) is 0.718. The summed E-state index contributed by atoms with van der Waals surface area (Å²) in [7, 11) is 2.69. The fraction of sp³-hybridized carbons (Fsp3) is 0.667. The first-order valence-corrected chi connectivity index (χ1v) is 6.49. The molecule has 0 spiro atoms. The zero-order valence-corrected chi connectivity index (χ0v) is 11.0. The van der Waals surface area contributed by atoms with Crippen LogP contribution in [0.4, 0.5) is 0 Å². The van der Waals surface area contributed by atoms with Crippen molar-refractivity contribution in [2.24, 2.45) is 5.92 Å². The van der Waals surface area contributed by atoms with E-state index in [0.717, 1.165) is 24.8 Å². The fourth-order valence-corrected chi connectivity index (χ4v) is 2.94. The highest BCUT2D eigenvalue weighted by Gasteiger charge is 2.22. The molecular weight excluding hydrogens is 239 g/mol. The Morgan fingerprint density at radius 2 is 1.88 bits per heavy atom. The van der Waals surface area contributed by atoms with E-state index in [1.54, 1.807) is 0 Å². The molecule has 0 aromatic rings. The first-order chi connectivity index (χ1) is 8.00. The molecule has 0 radical (unpaired) electrons. The molecule has 1 rings (SSSR count). The maximum absolute atomic E-state index is 10.6. The van der Waals surface area contributed by atoms with Crippen LogP contribution in [-0.2, 0) is 9.59 Å². The Balaban J connectivity index is 2.63. The van der Waals surface area contributed by atoms with Gasteiger partial charge in [-0.3, -0.25) is 9.59 Å². The van der Waals surface area contributed by atoms with Gasteiger partial charge in [0.2, 0.25) is 0 Å². The summed E-state index contributed by atoms with van der Waals surface area (Å²) in [6.45, 7) is 0. The van der Waals surface area contributed by atoms with Crippen LogP contribution in [0.15, 0.2) is 10.9 Å². The molecule has 96 valence electrons. The van der Waals surface area contributed by atoms with Gasteiger partial charge in [0.05, 0.1) is 0 Å². The normalized spacial score (nSPS) is 20.4. The van der Waals surface area contributed by atoms with E-state index >= 15 is 0 Å². The van der Waals surface area contributed by atoms with Crippen molar-refractivity contribution in [3.63, 3.8) is 0 Å². The Morgan fingerprint density at radius 3 is 2.47 bits per heavy atom. The van der Waals surface area contributed by atoms with Crippen molar-refractivity contribution in [3.05, 3.63) is 10.9 Å².